The zero-order chi connectivity index (χ0) is 11.8. The number of piperazine rings is 1. The van der Waals surface area contributed by atoms with Gasteiger partial charge in [-0.2, -0.15) is 0 Å². The molecule has 1 saturated heterocycles. The Morgan fingerprint density at radius 1 is 1.29 bits per heavy atom. The molecule has 1 aliphatic heterocycles. The van der Waals surface area contributed by atoms with Gasteiger partial charge in [0.1, 0.15) is 0 Å². The minimum Gasteiger partial charge on any atom is -0.365 e. The van der Waals surface area contributed by atoms with Crippen LogP contribution in [0.25, 0.3) is 0 Å². The van der Waals surface area contributed by atoms with Gasteiger partial charge in [-0.25, -0.2) is 0 Å². The molecule has 0 aromatic carbocycles. The first-order valence-electron chi connectivity index (χ1n) is 6.58. The molecule has 2 unspecified atom stereocenters. The molecule has 1 aromatic rings. The second-order valence-electron chi connectivity index (χ2n) is 5.47. The highest BCUT2D eigenvalue weighted by Gasteiger charge is 2.31. The van der Waals surface area contributed by atoms with Crippen molar-refractivity contribution in [2.24, 2.45) is 5.73 Å². The number of hydrogen-bond acceptors (Lipinski definition) is 3. The summed E-state index contributed by atoms with van der Waals surface area (Å²) >= 11 is 0. The highest BCUT2D eigenvalue weighted by Crippen LogP contribution is 2.33. The summed E-state index contributed by atoms with van der Waals surface area (Å²) in [4.78, 5) is 8.35. The number of likely N-dealkylation sites (N-methyl/N-ethyl adjacent to an activating group) is 1. The van der Waals surface area contributed by atoms with Crippen molar-refractivity contribution >= 4 is 0 Å². The smallest absolute Gasteiger partial charge is 0.0381 e. The van der Waals surface area contributed by atoms with E-state index in [1.165, 1.54) is 37.4 Å². The SMILES string of the molecule is CN1CCN(C2CC(N)Cc3[nH]ccc32)CC1. The van der Waals surface area contributed by atoms with Gasteiger partial charge in [0.2, 0.25) is 0 Å². The molecule has 4 heteroatoms. The molecule has 3 rings (SSSR count). The predicted octanol–water partition coefficient (Wildman–Crippen LogP) is 0.577. The van der Waals surface area contributed by atoms with Crippen LogP contribution in [0.15, 0.2) is 12.3 Å². The Kier molecular flexibility index (Phi) is 2.94. The lowest BCUT2D eigenvalue weighted by Gasteiger charge is -2.41. The maximum Gasteiger partial charge on any atom is 0.0381 e. The number of aromatic nitrogens is 1. The third kappa shape index (κ3) is 2.12. The topological polar surface area (TPSA) is 48.3 Å². The summed E-state index contributed by atoms with van der Waals surface area (Å²) in [6.07, 6.45) is 4.17. The van der Waals surface area contributed by atoms with E-state index in [9.17, 15) is 0 Å². The molecular formula is C13H22N4. The Morgan fingerprint density at radius 2 is 2.06 bits per heavy atom. The van der Waals surface area contributed by atoms with Crippen LogP contribution in [0.2, 0.25) is 0 Å². The standard InChI is InChI=1S/C13H22N4/c1-16-4-6-17(7-5-16)13-9-10(14)8-12-11(13)2-3-15-12/h2-3,10,13,15H,4-9,14H2,1H3. The first-order valence-corrected chi connectivity index (χ1v) is 6.58. The number of rotatable bonds is 1. The number of fused-ring (bicyclic) bond motifs is 1. The molecule has 0 radical (unpaired) electrons. The molecule has 2 aliphatic rings. The van der Waals surface area contributed by atoms with Gasteiger partial charge in [0.05, 0.1) is 0 Å². The number of nitrogens with zero attached hydrogens (tertiary/aromatic N) is 2. The van der Waals surface area contributed by atoms with Crippen molar-refractivity contribution < 1.29 is 0 Å². The summed E-state index contributed by atoms with van der Waals surface area (Å²) in [7, 11) is 2.20. The molecule has 2 atom stereocenters. The molecular weight excluding hydrogens is 212 g/mol. The highest BCUT2D eigenvalue weighted by atomic mass is 15.3. The van der Waals surface area contributed by atoms with Gasteiger partial charge in [-0.05, 0) is 25.1 Å². The van der Waals surface area contributed by atoms with E-state index in [1.807, 2.05) is 0 Å². The second kappa shape index (κ2) is 4.44. The van der Waals surface area contributed by atoms with Crippen LogP contribution >= 0.6 is 0 Å². The number of nitrogens with one attached hydrogen (secondary N) is 1. The van der Waals surface area contributed by atoms with Crippen molar-refractivity contribution in [1.82, 2.24) is 14.8 Å². The van der Waals surface area contributed by atoms with Crippen molar-refractivity contribution in [3.8, 4) is 0 Å². The normalized spacial score (nSPS) is 31.4. The van der Waals surface area contributed by atoms with Crippen molar-refractivity contribution in [2.75, 3.05) is 33.2 Å². The molecule has 94 valence electrons. The molecule has 4 nitrogen and oxygen atoms in total. The average molecular weight is 234 g/mol. The van der Waals surface area contributed by atoms with Gasteiger partial charge in [0, 0.05) is 56.6 Å². The van der Waals surface area contributed by atoms with Crippen molar-refractivity contribution in [2.45, 2.75) is 24.9 Å². The first-order chi connectivity index (χ1) is 8.24. The summed E-state index contributed by atoms with van der Waals surface area (Å²) < 4.78 is 0. The lowest BCUT2D eigenvalue weighted by molar-refractivity contribution is 0.0989. The maximum atomic E-state index is 6.18. The van der Waals surface area contributed by atoms with E-state index in [2.05, 4.69) is 34.1 Å². The molecule has 1 aliphatic carbocycles. The Labute approximate surface area is 103 Å². The summed E-state index contributed by atoms with van der Waals surface area (Å²) in [5.41, 5.74) is 9.01. The summed E-state index contributed by atoms with van der Waals surface area (Å²) in [6.45, 7) is 4.67. The maximum absolute atomic E-state index is 6.18. The van der Waals surface area contributed by atoms with E-state index in [-0.39, 0.29) is 0 Å². The minimum absolute atomic E-state index is 0.311. The van der Waals surface area contributed by atoms with Crippen LogP contribution in [0.4, 0.5) is 0 Å². The van der Waals surface area contributed by atoms with E-state index in [0.717, 1.165) is 12.8 Å². The fourth-order valence-corrected chi connectivity index (χ4v) is 3.14. The first kappa shape index (κ1) is 11.3. The van der Waals surface area contributed by atoms with E-state index in [4.69, 9.17) is 5.73 Å². The zero-order valence-corrected chi connectivity index (χ0v) is 10.5. The lowest BCUT2D eigenvalue weighted by Crippen LogP contribution is -2.48. The molecule has 0 amide bonds. The fourth-order valence-electron chi connectivity index (χ4n) is 3.14. The quantitative estimate of drug-likeness (QED) is 0.747. The van der Waals surface area contributed by atoms with E-state index >= 15 is 0 Å². The van der Waals surface area contributed by atoms with Gasteiger partial charge in [0.25, 0.3) is 0 Å². The van der Waals surface area contributed by atoms with E-state index in [1.54, 1.807) is 0 Å². The van der Waals surface area contributed by atoms with Crippen molar-refractivity contribution in [1.29, 1.82) is 0 Å². The zero-order valence-electron chi connectivity index (χ0n) is 10.5. The van der Waals surface area contributed by atoms with Gasteiger partial charge >= 0.3 is 0 Å². The minimum atomic E-state index is 0.311. The highest BCUT2D eigenvalue weighted by molar-refractivity contribution is 5.28. The van der Waals surface area contributed by atoms with Crippen LogP contribution in [0, 0.1) is 0 Å². The van der Waals surface area contributed by atoms with Crippen LogP contribution < -0.4 is 5.73 Å². The van der Waals surface area contributed by atoms with E-state index in [0.29, 0.717) is 12.1 Å². The number of aromatic amines is 1. The Hall–Kier alpha value is -0.840. The number of H-pyrrole nitrogens is 1. The number of hydrogen-bond donors (Lipinski definition) is 2. The number of nitrogens with two attached hydrogens (primary N) is 1. The molecule has 0 bridgehead atoms. The summed E-state index contributed by atoms with van der Waals surface area (Å²) in [5.74, 6) is 0. The molecule has 3 N–H and O–H groups in total. The average Bonchev–Trinajstić information content (AvgIpc) is 2.77. The van der Waals surface area contributed by atoms with Crippen LogP contribution in [0.3, 0.4) is 0 Å². The van der Waals surface area contributed by atoms with Gasteiger partial charge < -0.3 is 15.6 Å². The Balaban J connectivity index is 1.79. The van der Waals surface area contributed by atoms with Crippen molar-refractivity contribution in [3.63, 3.8) is 0 Å². The molecule has 1 fully saturated rings. The lowest BCUT2D eigenvalue weighted by atomic mass is 9.88. The van der Waals surface area contributed by atoms with Crippen molar-refractivity contribution in [3.05, 3.63) is 23.5 Å². The Morgan fingerprint density at radius 3 is 2.82 bits per heavy atom. The van der Waals surface area contributed by atoms with Gasteiger partial charge in [-0.15, -0.1) is 0 Å². The molecule has 17 heavy (non-hydrogen) atoms. The summed E-state index contributed by atoms with van der Waals surface area (Å²) in [6, 6.07) is 3.09. The predicted molar refractivity (Wildman–Crippen MR) is 68.9 cm³/mol. The van der Waals surface area contributed by atoms with Gasteiger partial charge in [-0.3, -0.25) is 4.90 Å². The van der Waals surface area contributed by atoms with Gasteiger partial charge in [-0.1, -0.05) is 0 Å². The monoisotopic (exact) mass is 234 g/mol. The molecule has 0 saturated carbocycles. The van der Waals surface area contributed by atoms with Crippen LogP contribution in [-0.2, 0) is 6.42 Å². The van der Waals surface area contributed by atoms with Crippen LogP contribution in [0.1, 0.15) is 23.7 Å². The third-order valence-electron chi connectivity index (χ3n) is 4.20. The molecule has 1 aromatic heterocycles. The van der Waals surface area contributed by atoms with Gasteiger partial charge in [0.15, 0.2) is 0 Å². The summed E-state index contributed by atoms with van der Waals surface area (Å²) in [5, 5.41) is 0. The fraction of sp³-hybridized carbons (Fsp3) is 0.692. The van der Waals surface area contributed by atoms with E-state index < -0.39 is 0 Å². The third-order valence-corrected chi connectivity index (χ3v) is 4.20. The molecule has 0 spiro atoms. The Bertz CT molecular complexity index is 379. The van der Waals surface area contributed by atoms with Crippen LogP contribution in [-0.4, -0.2) is 54.1 Å². The molecule has 2 heterocycles. The largest absolute Gasteiger partial charge is 0.365 e. The van der Waals surface area contributed by atoms with Crippen LogP contribution in [0.5, 0.6) is 0 Å². The second-order valence-corrected chi connectivity index (χ2v) is 5.47.